The first kappa shape index (κ1) is 17.5. The SMILES string of the molecule is CCOc1ccc([C@@H](C)NC(=O)c2ccc(-c3cncnc3)nc2)cc1. The van der Waals surface area contributed by atoms with E-state index in [0.717, 1.165) is 22.6 Å². The second-order valence-electron chi connectivity index (χ2n) is 5.76. The minimum atomic E-state index is -0.172. The molecule has 6 heteroatoms. The number of hydrogen-bond acceptors (Lipinski definition) is 5. The predicted octanol–water partition coefficient (Wildman–Crippen LogP) is 3.43. The molecule has 0 saturated heterocycles. The molecule has 3 rings (SSSR count). The van der Waals surface area contributed by atoms with Gasteiger partial charge in [-0.3, -0.25) is 9.78 Å². The van der Waals surface area contributed by atoms with E-state index in [1.54, 1.807) is 30.7 Å². The van der Waals surface area contributed by atoms with Gasteiger partial charge in [0.2, 0.25) is 0 Å². The van der Waals surface area contributed by atoms with Crippen LogP contribution in [-0.2, 0) is 0 Å². The molecule has 1 amide bonds. The van der Waals surface area contributed by atoms with Crippen molar-refractivity contribution >= 4 is 5.91 Å². The topological polar surface area (TPSA) is 77.0 Å². The fourth-order valence-corrected chi connectivity index (χ4v) is 2.51. The Labute approximate surface area is 152 Å². The number of amides is 1. The molecule has 0 spiro atoms. The highest BCUT2D eigenvalue weighted by Crippen LogP contribution is 2.19. The summed E-state index contributed by atoms with van der Waals surface area (Å²) in [6.07, 6.45) is 6.39. The molecule has 0 aliphatic carbocycles. The zero-order valence-corrected chi connectivity index (χ0v) is 14.7. The molecule has 0 radical (unpaired) electrons. The number of pyridine rings is 1. The van der Waals surface area contributed by atoms with Crippen LogP contribution in [0, 0.1) is 0 Å². The molecule has 132 valence electrons. The van der Waals surface area contributed by atoms with Crippen LogP contribution in [0.15, 0.2) is 61.3 Å². The van der Waals surface area contributed by atoms with E-state index in [4.69, 9.17) is 4.74 Å². The van der Waals surface area contributed by atoms with Gasteiger partial charge in [0, 0.05) is 24.2 Å². The molecular weight excluding hydrogens is 328 g/mol. The van der Waals surface area contributed by atoms with Gasteiger partial charge in [-0.05, 0) is 43.7 Å². The van der Waals surface area contributed by atoms with E-state index in [1.165, 1.54) is 6.33 Å². The van der Waals surface area contributed by atoms with E-state index in [0.29, 0.717) is 12.2 Å². The van der Waals surface area contributed by atoms with E-state index in [-0.39, 0.29) is 11.9 Å². The lowest BCUT2D eigenvalue weighted by molar-refractivity contribution is 0.0939. The number of ether oxygens (including phenoxy) is 1. The van der Waals surface area contributed by atoms with Crippen molar-refractivity contribution in [2.45, 2.75) is 19.9 Å². The Kier molecular flexibility index (Phi) is 5.53. The van der Waals surface area contributed by atoms with Crippen LogP contribution < -0.4 is 10.1 Å². The molecule has 1 atom stereocenters. The maximum absolute atomic E-state index is 12.4. The molecular formula is C20H20N4O2. The number of aromatic nitrogens is 3. The number of carbonyl (C=O) groups excluding carboxylic acids is 1. The number of nitrogens with one attached hydrogen (secondary N) is 1. The number of carbonyl (C=O) groups is 1. The van der Waals surface area contributed by atoms with E-state index < -0.39 is 0 Å². The zero-order valence-electron chi connectivity index (χ0n) is 14.7. The predicted molar refractivity (Wildman–Crippen MR) is 98.8 cm³/mol. The number of hydrogen-bond donors (Lipinski definition) is 1. The monoisotopic (exact) mass is 348 g/mol. The van der Waals surface area contributed by atoms with Crippen LogP contribution in [0.25, 0.3) is 11.3 Å². The zero-order chi connectivity index (χ0) is 18.4. The van der Waals surface area contributed by atoms with Crippen molar-refractivity contribution in [1.29, 1.82) is 0 Å². The number of rotatable bonds is 6. The third-order valence-electron chi connectivity index (χ3n) is 3.92. The van der Waals surface area contributed by atoms with Crippen molar-refractivity contribution in [2.24, 2.45) is 0 Å². The molecule has 0 unspecified atom stereocenters. The summed E-state index contributed by atoms with van der Waals surface area (Å²) in [5.74, 6) is 0.647. The van der Waals surface area contributed by atoms with Crippen LogP contribution in [-0.4, -0.2) is 27.5 Å². The van der Waals surface area contributed by atoms with Gasteiger partial charge in [0.15, 0.2) is 0 Å². The summed E-state index contributed by atoms with van der Waals surface area (Å²) in [4.78, 5) is 24.7. The summed E-state index contributed by atoms with van der Waals surface area (Å²) < 4.78 is 5.43. The Hall–Kier alpha value is -3.28. The Morgan fingerprint density at radius 3 is 2.42 bits per heavy atom. The Morgan fingerprint density at radius 1 is 1.08 bits per heavy atom. The minimum absolute atomic E-state index is 0.125. The number of benzene rings is 1. The summed E-state index contributed by atoms with van der Waals surface area (Å²) in [7, 11) is 0. The van der Waals surface area contributed by atoms with Crippen LogP contribution in [0.3, 0.4) is 0 Å². The van der Waals surface area contributed by atoms with Crippen LogP contribution >= 0.6 is 0 Å². The minimum Gasteiger partial charge on any atom is -0.494 e. The van der Waals surface area contributed by atoms with Gasteiger partial charge in [-0.2, -0.15) is 0 Å². The standard InChI is InChI=1S/C20H20N4O2/c1-3-26-18-7-4-15(5-8-18)14(2)24-20(25)16-6-9-19(23-12-16)17-10-21-13-22-11-17/h4-14H,3H2,1-2H3,(H,24,25)/t14-/m1/s1. The van der Waals surface area contributed by atoms with Crippen LogP contribution in [0.1, 0.15) is 35.8 Å². The maximum Gasteiger partial charge on any atom is 0.253 e. The second-order valence-corrected chi connectivity index (χ2v) is 5.76. The molecule has 0 aliphatic heterocycles. The van der Waals surface area contributed by atoms with Crippen LogP contribution in [0.2, 0.25) is 0 Å². The van der Waals surface area contributed by atoms with Crippen LogP contribution in [0.4, 0.5) is 0 Å². The molecule has 26 heavy (non-hydrogen) atoms. The van der Waals surface area contributed by atoms with Gasteiger partial charge in [0.05, 0.1) is 23.9 Å². The Morgan fingerprint density at radius 2 is 1.81 bits per heavy atom. The first-order valence-electron chi connectivity index (χ1n) is 8.42. The quantitative estimate of drug-likeness (QED) is 0.738. The van der Waals surface area contributed by atoms with E-state index in [9.17, 15) is 4.79 Å². The number of nitrogens with zero attached hydrogens (tertiary/aromatic N) is 3. The van der Waals surface area contributed by atoms with Gasteiger partial charge in [-0.1, -0.05) is 12.1 Å². The van der Waals surface area contributed by atoms with Gasteiger partial charge in [-0.25, -0.2) is 9.97 Å². The molecule has 0 aliphatic rings. The summed E-state index contributed by atoms with van der Waals surface area (Å²) in [5, 5.41) is 2.98. The summed E-state index contributed by atoms with van der Waals surface area (Å²) in [5.41, 5.74) is 3.04. The van der Waals surface area contributed by atoms with Crippen molar-refractivity contribution in [3.05, 3.63) is 72.4 Å². The Bertz CT molecular complexity index is 849. The highest BCUT2D eigenvalue weighted by atomic mass is 16.5. The molecule has 0 saturated carbocycles. The van der Waals surface area contributed by atoms with Gasteiger partial charge in [0.1, 0.15) is 12.1 Å². The Balaban J connectivity index is 1.65. The summed E-state index contributed by atoms with van der Waals surface area (Å²) in [6, 6.07) is 11.1. The molecule has 6 nitrogen and oxygen atoms in total. The second kappa shape index (κ2) is 8.20. The van der Waals surface area contributed by atoms with Gasteiger partial charge < -0.3 is 10.1 Å². The van der Waals surface area contributed by atoms with Gasteiger partial charge >= 0.3 is 0 Å². The smallest absolute Gasteiger partial charge is 0.253 e. The van der Waals surface area contributed by atoms with Gasteiger partial charge in [0.25, 0.3) is 5.91 Å². The van der Waals surface area contributed by atoms with Gasteiger partial charge in [-0.15, -0.1) is 0 Å². The fraction of sp³-hybridized carbons (Fsp3) is 0.200. The molecule has 2 aromatic heterocycles. The normalized spacial score (nSPS) is 11.6. The van der Waals surface area contributed by atoms with Crippen molar-refractivity contribution in [2.75, 3.05) is 6.61 Å². The molecule has 1 N–H and O–H groups in total. The maximum atomic E-state index is 12.4. The largest absolute Gasteiger partial charge is 0.494 e. The molecule has 1 aromatic carbocycles. The van der Waals surface area contributed by atoms with E-state index >= 15 is 0 Å². The van der Waals surface area contributed by atoms with Crippen molar-refractivity contribution < 1.29 is 9.53 Å². The average Bonchev–Trinajstić information content (AvgIpc) is 2.69. The molecule has 0 bridgehead atoms. The molecule has 3 aromatic rings. The van der Waals surface area contributed by atoms with E-state index in [1.807, 2.05) is 38.1 Å². The molecule has 2 heterocycles. The lowest BCUT2D eigenvalue weighted by atomic mass is 10.1. The summed E-state index contributed by atoms with van der Waals surface area (Å²) >= 11 is 0. The third-order valence-corrected chi connectivity index (χ3v) is 3.92. The van der Waals surface area contributed by atoms with Crippen molar-refractivity contribution in [3.63, 3.8) is 0 Å². The fourth-order valence-electron chi connectivity index (χ4n) is 2.51. The first-order chi connectivity index (χ1) is 12.7. The molecule has 0 fully saturated rings. The third kappa shape index (κ3) is 4.22. The highest BCUT2D eigenvalue weighted by molar-refractivity contribution is 5.94. The lowest BCUT2D eigenvalue weighted by Gasteiger charge is -2.15. The first-order valence-corrected chi connectivity index (χ1v) is 8.42. The summed E-state index contributed by atoms with van der Waals surface area (Å²) in [6.45, 7) is 4.52. The van der Waals surface area contributed by atoms with Crippen LogP contribution in [0.5, 0.6) is 5.75 Å². The van der Waals surface area contributed by atoms with Crippen molar-refractivity contribution in [3.8, 4) is 17.0 Å². The average molecular weight is 348 g/mol. The highest BCUT2D eigenvalue weighted by Gasteiger charge is 2.12. The van der Waals surface area contributed by atoms with Crippen molar-refractivity contribution in [1.82, 2.24) is 20.3 Å². The lowest BCUT2D eigenvalue weighted by Crippen LogP contribution is -2.26. The van der Waals surface area contributed by atoms with E-state index in [2.05, 4.69) is 20.3 Å².